The monoisotopic (exact) mass is 1170 g/mol. The van der Waals surface area contributed by atoms with Crippen LogP contribution in [0.4, 0.5) is 51.2 Å². The van der Waals surface area contributed by atoms with Crippen molar-refractivity contribution < 1.29 is 4.74 Å². The number of rotatable bonds is 10. The first-order valence-electron chi connectivity index (χ1n) is 31.5. The fraction of sp³-hybridized carbons (Fsp3) is 0. The minimum Gasteiger partial charge on any atom is -0.458 e. The molecule has 0 spiro atoms. The second-order valence-corrected chi connectivity index (χ2v) is 24.0. The Morgan fingerprint density at radius 3 is 1.09 bits per heavy atom. The van der Waals surface area contributed by atoms with Crippen molar-refractivity contribution >= 4 is 140 Å². The highest BCUT2D eigenvalue weighted by Crippen LogP contribution is 2.52. The van der Waals surface area contributed by atoms with Gasteiger partial charge in [-0.1, -0.05) is 194 Å². The quantitative estimate of drug-likeness (QED) is 0.128. The highest BCUT2D eigenvalue weighted by atomic mass is 16.5. The first kappa shape index (κ1) is 51.8. The van der Waals surface area contributed by atoms with Gasteiger partial charge in [0.05, 0.1) is 38.8 Å². The number of hydrogen-bond donors (Lipinski definition) is 0. The van der Waals surface area contributed by atoms with Crippen LogP contribution in [0.2, 0.25) is 0 Å². The van der Waals surface area contributed by atoms with Crippen molar-refractivity contribution in [3.63, 3.8) is 0 Å². The zero-order valence-corrected chi connectivity index (χ0v) is 49.9. The molecule has 7 nitrogen and oxygen atoms in total. The van der Waals surface area contributed by atoms with E-state index in [4.69, 9.17) is 4.74 Å². The van der Waals surface area contributed by atoms with Crippen LogP contribution in [-0.2, 0) is 0 Å². The maximum Gasteiger partial charge on any atom is 0.256 e. The third-order valence-electron chi connectivity index (χ3n) is 18.9. The molecule has 0 aliphatic carbocycles. The van der Waals surface area contributed by atoms with Gasteiger partial charge in [0.15, 0.2) is 0 Å². The first-order valence-corrected chi connectivity index (χ1v) is 31.5. The van der Waals surface area contributed by atoms with Crippen LogP contribution in [0.25, 0.3) is 82.5 Å². The van der Waals surface area contributed by atoms with Crippen LogP contribution in [0.3, 0.4) is 0 Å². The summed E-state index contributed by atoms with van der Waals surface area (Å²) in [7, 11) is 0. The van der Waals surface area contributed by atoms with Gasteiger partial charge in [-0.05, 0) is 144 Å². The molecule has 19 rings (SSSR count). The highest BCUT2D eigenvalue weighted by Gasteiger charge is 2.43. The fourth-order valence-corrected chi connectivity index (χ4v) is 15.3. The van der Waals surface area contributed by atoms with Gasteiger partial charge in [-0.25, -0.2) is 0 Å². The van der Waals surface area contributed by atoms with Gasteiger partial charge in [0.1, 0.15) is 11.5 Å². The number of ether oxygens (including phenoxy) is 1. The second-order valence-electron chi connectivity index (χ2n) is 24.0. The van der Waals surface area contributed by atoms with Crippen LogP contribution in [-0.4, -0.2) is 20.4 Å². The molecule has 0 unspecified atom stereocenters. The third kappa shape index (κ3) is 7.77. The van der Waals surface area contributed by atoms with Crippen molar-refractivity contribution in [1.29, 1.82) is 0 Å². The van der Waals surface area contributed by atoms with E-state index in [2.05, 4.69) is 362 Å². The molecule has 2 aliphatic heterocycles. The van der Waals surface area contributed by atoms with Crippen molar-refractivity contribution in [2.24, 2.45) is 0 Å². The van der Waals surface area contributed by atoms with Crippen LogP contribution in [0.5, 0.6) is 11.5 Å². The SMILES string of the molecule is c1ccc(N(c2ccccc2)c2ccc3c(c2)N(c2ccccc2)c2cc(N(c4ccccc4)c4ccccc4)cc4c2B3c2ccc(-n3c5ccccc5c5c6c(c7ccccc7n6-c6ccccc6)c6c(c7ccccc7n6-c6ccccc6)c53)cc2O4)cc1. The zero-order valence-electron chi connectivity index (χ0n) is 49.9. The van der Waals surface area contributed by atoms with Crippen molar-refractivity contribution in [2.45, 2.75) is 0 Å². The Hall–Kier alpha value is -12.3. The summed E-state index contributed by atoms with van der Waals surface area (Å²) in [6.45, 7) is -0.213. The predicted molar refractivity (Wildman–Crippen MR) is 385 cm³/mol. The number of benzene rings is 14. The van der Waals surface area contributed by atoms with Crippen LogP contribution in [0, 0.1) is 0 Å². The minimum atomic E-state index is -0.213. The zero-order chi connectivity index (χ0) is 60.4. The molecule has 8 heteroatoms. The number of aromatic nitrogens is 3. The molecular weight excluding hydrogens is 1120 g/mol. The third-order valence-corrected chi connectivity index (χ3v) is 18.9. The topological polar surface area (TPSA) is 33.7 Å². The molecule has 0 fully saturated rings. The lowest BCUT2D eigenvalue weighted by molar-refractivity contribution is 0.487. The Morgan fingerprint density at radius 2 is 0.630 bits per heavy atom. The summed E-state index contributed by atoms with van der Waals surface area (Å²) in [6, 6.07) is 121. The molecule has 14 aromatic carbocycles. The maximum absolute atomic E-state index is 7.75. The van der Waals surface area contributed by atoms with Crippen molar-refractivity contribution in [1.82, 2.24) is 13.7 Å². The molecule has 0 saturated heterocycles. The second kappa shape index (κ2) is 20.7. The van der Waals surface area contributed by atoms with Crippen LogP contribution in [0.1, 0.15) is 0 Å². The Balaban J connectivity index is 0.915. The lowest BCUT2D eigenvalue weighted by Gasteiger charge is -2.41. The molecule has 0 radical (unpaired) electrons. The van der Waals surface area contributed by atoms with Gasteiger partial charge in [0.2, 0.25) is 0 Å². The van der Waals surface area contributed by atoms with E-state index in [0.29, 0.717) is 0 Å². The summed E-state index contributed by atoms with van der Waals surface area (Å²) < 4.78 is 15.3. The lowest BCUT2D eigenvalue weighted by Crippen LogP contribution is -2.59. The molecule has 0 saturated carbocycles. The number of anilines is 9. The summed E-state index contributed by atoms with van der Waals surface area (Å²) in [4.78, 5) is 7.19. The average Bonchev–Trinajstić information content (AvgIpc) is 1.47. The molecule has 430 valence electrons. The van der Waals surface area contributed by atoms with Crippen molar-refractivity contribution in [3.05, 3.63) is 334 Å². The van der Waals surface area contributed by atoms with E-state index in [1.807, 2.05) is 0 Å². The average molecular weight is 1180 g/mol. The highest BCUT2D eigenvalue weighted by molar-refractivity contribution is 6.99. The normalized spacial score (nSPS) is 12.4. The van der Waals surface area contributed by atoms with E-state index in [1.165, 1.54) is 48.8 Å². The van der Waals surface area contributed by atoms with E-state index < -0.39 is 0 Å². The van der Waals surface area contributed by atoms with Crippen LogP contribution >= 0.6 is 0 Å². The molecule has 3 aromatic heterocycles. The molecule has 0 amide bonds. The van der Waals surface area contributed by atoms with E-state index in [0.717, 1.165) is 113 Å². The van der Waals surface area contributed by atoms with Crippen LogP contribution in [0.15, 0.2) is 334 Å². The van der Waals surface area contributed by atoms with E-state index in [9.17, 15) is 0 Å². The smallest absolute Gasteiger partial charge is 0.256 e. The maximum atomic E-state index is 7.75. The van der Waals surface area contributed by atoms with Gasteiger partial charge < -0.3 is 33.1 Å². The van der Waals surface area contributed by atoms with Gasteiger partial charge in [0.25, 0.3) is 6.71 Å². The van der Waals surface area contributed by atoms with E-state index in [-0.39, 0.29) is 6.71 Å². The molecule has 0 atom stereocenters. The Morgan fingerprint density at radius 1 is 0.261 bits per heavy atom. The summed E-state index contributed by atoms with van der Waals surface area (Å²) in [5.41, 5.74) is 22.9. The molecule has 2 aliphatic rings. The predicted octanol–water partition coefficient (Wildman–Crippen LogP) is 20.3. The van der Waals surface area contributed by atoms with Crippen LogP contribution < -0.4 is 35.8 Å². The molecule has 17 aromatic rings. The minimum absolute atomic E-state index is 0.213. The van der Waals surface area contributed by atoms with Gasteiger partial charge in [0, 0.05) is 107 Å². The molecule has 0 N–H and O–H groups in total. The lowest BCUT2D eigenvalue weighted by atomic mass is 9.34. The van der Waals surface area contributed by atoms with Gasteiger partial charge in [-0.3, -0.25) is 0 Å². The first-order chi connectivity index (χ1) is 45.7. The summed E-state index contributed by atoms with van der Waals surface area (Å²) >= 11 is 0. The number of hydrogen-bond acceptors (Lipinski definition) is 4. The molecule has 92 heavy (non-hydrogen) atoms. The Bertz CT molecular complexity index is 5590. The number of fused-ring (bicyclic) bond motifs is 16. The van der Waals surface area contributed by atoms with E-state index in [1.54, 1.807) is 0 Å². The molecule has 5 heterocycles. The fourth-order valence-electron chi connectivity index (χ4n) is 15.3. The molecular formula is C84H55BN6O. The number of para-hydroxylation sites is 10. The van der Waals surface area contributed by atoms with Gasteiger partial charge in [-0.15, -0.1) is 0 Å². The van der Waals surface area contributed by atoms with E-state index >= 15 is 0 Å². The summed E-state index contributed by atoms with van der Waals surface area (Å²) in [6.07, 6.45) is 0. The summed E-state index contributed by atoms with van der Waals surface area (Å²) in [5, 5.41) is 7.15. The van der Waals surface area contributed by atoms with Crippen molar-refractivity contribution in [2.75, 3.05) is 14.7 Å². The summed E-state index contributed by atoms with van der Waals surface area (Å²) in [5.74, 6) is 1.61. The Labute approximate surface area is 532 Å². The van der Waals surface area contributed by atoms with Gasteiger partial charge in [-0.2, -0.15) is 0 Å². The largest absolute Gasteiger partial charge is 0.458 e. The molecule has 0 bridgehead atoms. The Kier molecular flexibility index (Phi) is 11.6. The standard InChI is InChI=1S/C84H55BN6O/c1-8-28-56(29-9-1)86(57-30-10-2-11-31-57)63-48-50-69-74(52-63)88(60-36-16-5-17-37-60)75-53-65(87(58-32-12-3-13-33-58)59-34-14-4-15-35-59)55-77-81(75)85(69)70-51-49-64(54-76(70)92-77)91-73-47-27-24-44-68(73)80-83-78(66-42-22-25-45-71(66)89(83)61-38-18-6-19-39-61)82-79(84(80)91)67-43-23-26-46-72(67)90(82)62-40-20-7-21-41-62/h1-55H. The van der Waals surface area contributed by atoms with Gasteiger partial charge >= 0.3 is 0 Å². The number of nitrogens with zero attached hydrogens (tertiary/aromatic N) is 6. The van der Waals surface area contributed by atoms with Crippen molar-refractivity contribution in [3.8, 4) is 28.6 Å².